The number of carbonyl (C=O) groups excluding carboxylic acids is 1. The van der Waals surface area contributed by atoms with Gasteiger partial charge in [-0.2, -0.15) is 13.2 Å². The van der Waals surface area contributed by atoms with Gasteiger partial charge in [0.05, 0.1) is 23.8 Å². The second-order valence-corrected chi connectivity index (χ2v) is 5.32. The number of amides is 1. The minimum absolute atomic E-state index is 0. The van der Waals surface area contributed by atoms with Crippen LogP contribution < -0.4 is 5.32 Å². The Morgan fingerprint density at radius 2 is 2.05 bits per heavy atom. The molecule has 2 aliphatic rings. The third-order valence-corrected chi connectivity index (χ3v) is 4.20. The molecule has 1 saturated heterocycles. The van der Waals surface area contributed by atoms with Crippen molar-refractivity contribution in [2.24, 2.45) is 0 Å². The monoisotopic (exact) mass is 336 g/mol. The van der Waals surface area contributed by atoms with Crippen molar-refractivity contribution in [3.05, 3.63) is 34.9 Å². The van der Waals surface area contributed by atoms with E-state index in [1.54, 1.807) is 6.07 Å². The number of benzene rings is 1. The van der Waals surface area contributed by atoms with E-state index in [-0.39, 0.29) is 43.1 Å². The van der Waals surface area contributed by atoms with Crippen LogP contribution in [0.2, 0.25) is 0 Å². The highest BCUT2D eigenvalue weighted by Gasteiger charge is 2.46. The Labute approximate surface area is 131 Å². The summed E-state index contributed by atoms with van der Waals surface area (Å²) in [5.41, 5.74) is -0.694. The van der Waals surface area contributed by atoms with Gasteiger partial charge in [-0.1, -0.05) is 12.1 Å². The lowest BCUT2D eigenvalue weighted by atomic mass is 9.82. The van der Waals surface area contributed by atoms with Gasteiger partial charge in [0.15, 0.2) is 0 Å². The van der Waals surface area contributed by atoms with Gasteiger partial charge in [0, 0.05) is 25.6 Å². The first kappa shape index (κ1) is 17.1. The number of carbonyl (C=O) groups is 1. The van der Waals surface area contributed by atoms with Gasteiger partial charge < -0.3 is 15.3 Å². The highest BCUT2D eigenvalue weighted by Crippen LogP contribution is 2.41. The van der Waals surface area contributed by atoms with E-state index in [2.05, 4.69) is 5.32 Å². The molecule has 0 spiro atoms. The van der Waals surface area contributed by atoms with Gasteiger partial charge >= 0.3 is 6.18 Å². The molecule has 2 aliphatic heterocycles. The summed E-state index contributed by atoms with van der Waals surface area (Å²) >= 11 is 0. The molecule has 1 aromatic rings. The van der Waals surface area contributed by atoms with Gasteiger partial charge in [0.25, 0.3) is 5.91 Å². The highest BCUT2D eigenvalue weighted by molar-refractivity contribution is 5.99. The SMILES string of the molecule is Cl.O=C1c2c(cccc2C(F)(F)F)[C@H]2CNC[C@@H]2N1CCO. The molecule has 1 aromatic carbocycles. The predicted octanol–water partition coefficient (Wildman–Crippen LogP) is 1.63. The van der Waals surface area contributed by atoms with Crippen LogP contribution in [-0.4, -0.2) is 48.2 Å². The molecule has 122 valence electrons. The summed E-state index contributed by atoms with van der Waals surface area (Å²) < 4.78 is 39.5. The molecule has 0 saturated carbocycles. The number of aliphatic hydroxyl groups is 1. The Balaban J connectivity index is 0.00000176. The minimum atomic E-state index is -4.56. The number of halogens is 4. The van der Waals surface area contributed by atoms with E-state index in [1.165, 1.54) is 11.0 Å². The Morgan fingerprint density at radius 1 is 1.32 bits per heavy atom. The zero-order chi connectivity index (χ0) is 15.2. The summed E-state index contributed by atoms with van der Waals surface area (Å²) in [4.78, 5) is 13.9. The lowest BCUT2D eigenvalue weighted by Crippen LogP contribution is -2.50. The van der Waals surface area contributed by atoms with Gasteiger partial charge in [-0.15, -0.1) is 12.4 Å². The Morgan fingerprint density at radius 3 is 2.68 bits per heavy atom. The van der Waals surface area contributed by atoms with E-state index in [0.29, 0.717) is 18.7 Å². The molecule has 0 aromatic heterocycles. The number of nitrogens with one attached hydrogen (secondary N) is 1. The smallest absolute Gasteiger partial charge is 0.395 e. The van der Waals surface area contributed by atoms with E-state index in [9.17, 15) is 18.0 Å². The number of fused-ring (bicyclic) bond motifs is 3. The minimum Gasteiger partial charge on any atom is -0.395 e. The Hall–Kier alpha value is -1.31. The second kappa shape index (κ2) is 6.06. The number of aliphatic hydroxyl groups excluding tert-OH is 1. The molecule has 2 atom stereocenters. The first-order valence-electron chi connectivity index (χ1n) is 6.77. The topological polar surface area (TPSA) is 52.6 Å². The van der Waals surface area contributed by atoms with Crippen molar-refractivity contribution in [3.8, 4) is 0 Å². The van der Waals surface area contributed by atoms with E-state index >= 15 is 0 Å². The Bertz CT molecular complexity index is 580. The fraction of sp³-hybridized carbons (Fsp3) is 0.500. The van der Waals surface area contributed by atoms with Crippen molar-refractivity contribution in [2.45, 2.75) is 18.1 Å². The molecule has 22 heavy (non-hydrogen) atoms. The largest absolute Gasteiger partial charge is 0.417 e. The zero-order valence-corrected chi connectivity index (χ0v) is 12.4. The number of hydrogen-bond donors (Lipinski definition) is 2. The van der Waals surface area contributed by atoms with Crippen LogP contribution in [0.4, 0.5) is 13.2 Å². The predicted molar refractivity (Wildman–Crippen MR) is 76.2 cm³/mol. The van der Waals surface area contributed by atoms with Crippen LogP contribution in [0.1, 0.15) is 27.4 Å². The van der Waals surface area contributed by atoms with Gasteiger partial charge in [0.2, 0.25) is 0 Å². The van der Waals surface area contributed by atoms with Crippen molar-refractivity contribution < 1.29 is 23.1 Å². The molecule has 4 nitrogen and oxygen atoms in total. The molecule has 2 heterocycles. The van der Waals surface area contributed by atoms with E-state index < -0.39 is 17.6 Å². The van der Waals surface area contributed by atoms with Gasteiger partial charge in [-0.25, -0.2) is 0 Å². The molecule has 1 amide bonds. The number of rotatable bonds is 2. The first-order valence-corrected chi connectivity index (χ1v) is 6.77. The molecule has 3 rings (SSSR count). The molecule has 0 radical (unpaired) electrons. The van der Waals surface area contributed by atoms with Gasteiger partial charge in [0.1, 0.15) is 0 Å². The van der Waals surface area contributed by atoms with Gasteiger partial charge in [-0.05, 0) is 11.6 Å². The molecular formula is C14H16ClF3N2O2. The van der Waals surface area contributed by atoms with Gasteiger partial charge in [-0.3, -0.25) is 4.79 Å². The van der Waals surface area contributed by atoms with E-state index in [4.69, 9.17) is 5.11 Å². The summed E-state index contributed by atoms with van der Waals surface area (Å²) in [5.74, 6) is -0.802. The highest BCUT2D eigenvalue weighted by atomic mass is 35.5. The van der Waals surface area contributed by atoms with Crippen LogP contribution in [0, 0.1) is 0 Å². The summed E-state index contributed by atoms with van der Waals surface area (Å²) in [7, 11) is 0. The maximum atomic E-state index is 13.2. The van der Waals surface area contributed by atoms with Crippen LogP contribution in [0.5, 0.6) is 0 Å². The van der Waals surface area contributed by atoms with E-state index in [1.807, 2.05) is 0 Å². The average molecular weight is 337 g/mol. The number of alkyl halides is 3. The summed E-state index contributed by atoms with van der Waals surface area (Å²) in [6.45, 7) is 0.853. The molecule has 0 aliphatic carbocycles. The molecule has 1 fully saturated rings. The van der Waals surface area contributed by atoms with Crippen molar-refractivity contribution in [2.75, 3.05) is 26.2 Å². The fourth-order valence-electron chi connectivity index (χ4n) is 3.33. The Kier molecular flexibility index (Phi) is 4.70. The molecule has 0 unspecified atom stereocenters. The number of β-amino-alcohol motifs (C(OH)–C–C–N with tert-alkyl or cyclic N) is 1. The average Bonchev–Trinajstić information content (AvgIpc) is 2.91. The maximum absolute atomic E-state index is 13.2. The van der Waals surface area contributed by atoms with Crippen LogP contribution in [0.3, 0.4) is 0 Å². The third-order valence-electron chi connectivity index (χ3n) is 4.20. The third kappa shape index (κ3) is 2.57. The lowest BCUT2D eigenvalue weighted by molar-refractivity contribution is -0.138. The quantitative estimate of drug-likeness (QED) is 0.863. The zero-order valence-electron chi connectivity index (χ0n) is 11.6. The molecular weight excluding hydrogens is 321 g/mol. The number of hydrogen-bond acceptors (Lipinski definition) is 3. The first-order chi connectivity index (χ1) is 9.95. The lowest BCUT2D eigenvalue weighted by Gasteiger charge is -2.38. The van der Waals surface area contributed by atoms with Crippen molar-refractivity contribution in [1.82, 2.24) is 10.2 Å². The van der Waals surface area contributed by atoms with Crippen molar-refractivity contribution >= 4 is 18.3 Å². The van der Waals surface area contributed by atoms with Crippen LogP contribution >= 0.6 is 12.4 Å². The fourth-order valence-corrected chi connectivity index (χ4v) is 3.33. The molecule has 0 bridgehead atoms. The van der Waals surface area contributed by atoms with Crippen molar-refractivity contribution in [3.63, 3.8) is 0 Å². The van der Waals surface area contributed by atoms with Crippen LogP contribution in [0.15, 0.2) is 18.2 Å². The summed E-state index contributed by atoms with van der Waals surface area (Å²) in [5, 5.41) is 12.2. The van der Waals surface area contributed by atoms with Crippen molar-refractivity contribution in [1.29, 1.82) is 0 Å². The second-order valence-electron chi connectivity index (χ2n) is 5.32. The molecule has 2 N–H and O–H groups in total. The van der Waals surface area contributed by atoms with Crippen LogP contribution in [-0.2, 0) is 6.18 Å². The molecule has 8 heteroatoms. The van der Waals surface area contributed by atoms with E-state index in [0.717, 1.165) is 6.07 Å². The van der Waals surface area contributed by atoms with Crippen LogP contribution in [0.25, 0.3) is 0 Å². The maximum Gasteiger partial charge on any atom is 0.417 e. The standard InChI is InChI=1S/C14H15F3N2O2.ClH/c15-14(16,17)10-3-1-2-8-9-6-18-7-11(9)19(4-5-20)13(21)12(8)10;/h1-3,9,11,18,20H,4-7H2;1H/t9-,11+;/m1./s1. The number of nitrogens with zero attached hydrogens (tertiary/aromatic N) is 1. The normalized spacial score (nSPS) is 23.8. The summed E-state index contributed by atoms with van der Waals surface area (Å²) in [6.07, 6.45) is -4.56. The summed E-state index contributed by atoms with van der Waals surface area (Å²) in [6, 6.07) is 3.70.